The highest BCUT2D eigenvalue weighted by Crippen LogP contribution is 2.40. The minimum absolute atomic E-state index is 0.287. The van der Waals surface area contributed by atoms with Crippen molar-refractivity contribution in [3.63, 3.8) is 0 Å². The van der Waals surface area contributed by atoms with Crippen LogP contribution in [-0.4, -0.2) is 65.3 Å². The molecule has 2 atom stereocenters. The topological polar surface area (TPSA) is 190 Å². The molecule has 1 aliphatic heterocycles. The van der Waals surface area contributed by atoms with Crippen LogP contribution in [0.1, 0.15) is 18.9 Å². The second-order valence-electron chi connectivity index (χ2n) is 9.26. The van der Waals surface area contributed by atoms with Crippen LogP contribution in [0.4, 0.5) is 0 Å². The maximum Gasteiger partial charge on any atom is 0.291 e. The third-order valence-corrected chi connectivity index (χ3v) is 7.42. The van der Waals surface area contributed by atoms with Crippen LogP contribution >= 0.6 is 35.0 Å². The first-order valence-electron chi connectivity index (χ1n) is 13.2. The van der Waals surface area contributed by atoms with E-state index < -0.39 is 16.0 Å². The van der Waals surface area contributed by atoms with E-state index in [1.165, 1.54) is 0 Å². The van der Waals surface area contributed by atoms with Crippen molar-refractivity contribution in [2.24, 2.45) is 0 Å². The molecule has 0 spiro atoms. The van der Waals surface area contributed by atoms with Gasteiger partial charge in [0.25, 0.3) is 10.2 Å². The zero-order valence-electron chi connectivity index (χ0n) is 24.1. The van der Waals surface area contributed by atoms with E-state index in [1.54, 1.807) is 36.4 Å². The number of benzene rings is 2. The van der Waals surface area contributed by atoms with Gasteiger partial charge >= 0.3 is 0 Å². The average molecular weight is 686 g/mol. The van der Waals surface area contributed by atoms with E-state index in [2.05, 4.69) is 39.8 Å². The van der Waals surface area contributed by atoms with E-state index in [-0.39, 0.29) is 6.10 Å². The van der Waals surface area contributed by atoms with Gasteiger partial charge in [0.15, 0.2) is 5.16 Å². The largest absolute Gasteiger partial charge is 0.491 e. The summed E-state index contributed by atoms with van der Waals surface area (Å²) in [5, 5.41) is 29.3. The molecule has 0 unspecified atom stereocenters. The molecule has 242 valence electrons. The van der Waals surface area contributed by atoms with Crippen molar-refractivity contribution in [3.8, 4) is 17.0 Å². The number of hydrogen-bond donors (Lipinski definition) is 2. The first kappa shape index (κ1) is 35.4. The van der Waals surface area contributed by atoms with Crippen molar-refractivity contribution in [1.82, 2.24) is 19.1 Å². The van der Waals surface area contributed by atoms with Crippen LogP contribution in [0.2, 0.25) is 10.0 Å². The smallest absolute Gasteiger partial charge is 0.291 e. The van der Waals surface area contributed by atoms with Gasteiger partial charge in [0, 0.05) is 35.1 Å². The van der Waals surface area contributed by atoms with E-state index >= 15 is 0 Å². The highest BCUT2D eigenvalue weighted by atomic mass is 35.5. The van der Waals surface area contributed by atoms with Gasteiger partial charge in [-0.05, 0) is 49.1 Å². The molecule has 0 radical (unpaired) electrons. The lowest BCUT2D eigenvalue weighted by Crippen LogP contribution is -2.34. The standard InChI is InChI=1S/C27H28Cl2N4O3S.2HNO3/c1-3-11-33-25(14-31-26(33)37-2)19-4-7-21(8-5-19)34-15-22-16-35-27(36-22,17-32-12-10-30-18-32)23-9-6-20(28)13-24(23)29;2*2-1(3)4/h4-10,12-14,18,22H,3,11,15-17H2,1-2H3;2*(H,2,3,4)/t22-,27-;;/m1../s1. The Morgan fingerprint density at radius 1 is 1.16 bits per heavy atom. The quantitative estimate of drug-likeness (QED) is 0.115. The lowest BCUT2D eigenvalue weighted by Gasteiger charge is -2.30. The van der Waals surface area contributed by atoms with Crippen LogP contribution < -0.4 is 4.74 Å². The third-order valence-electron chi connectivity index (χ3n) is 6.19. The second kappa shape index (κ2) is 16.8. The first-order valence-corrected chi connectivity index (χ1v) is 15.2. The summed E-state index contributed by atoms with van der Waals surface area (Å²) >= 11 is 14.4. The Labute approximate surface area is 271 Å². The van der Waals surface area contributed by atoms with Crippen LogP contribution in [0.15, 0.2) is 72.5 Å². The van der Waals surface area contributed by atoms with Gasteiger partial charge in [0.05, 0.1) is 36.4 Å². The SMILES string of the molecule is CCCn1c(-c2ccc(OC[C@@H]3CO[C@@](Cn4ccnc4)(c4ccc(Cl)cc4Cl)O3)cc2)cnc1SC.O=[N+]([O-])O.O=[N+]([O-])O. The van der Waals surface area contributed by atoms with Crippen molar-refractivity contribution < 1.29 is 34.8 Å². The maximum atomic E-state index is 8.36. The van der Waals surface area contributed by atoms with E-state index in [9.17, 15) is 0 Å². The second-order valence-corrected chi connectivity index (χ2v) is 10.9. The number of halogens is 2. The molecule has 0 saturated carbocycles. The molecule has 0 aliphatic carbocycles. The molecule has 2 aromatic heterocycles. The predicted octanol–water partition coefficient (Wildman–Crippen LogP) is 5.84. The highest BCUT2D eigenvalue weighted by Gasteiger charge is 2.45. The molecule has 18 heteroatoms. The molecule has 3 heterocycles. The fraction of sp³-hybridized carbons (Fsp3) is 0.333. The van der Waals surface area contributed by atoms with E-state index in [0.717, 1.165) is 35.1 Å². The summed E-state index contributed by atoms with van der Waals surface area (Å²) in [7, 11) is 0. The van der Waals surface area contributed by atoms with Crippen molar-refractivity contribution in [2.75, 3.05) is 19.5 Å². The average Bonchev–Trinajstić information content (AvgIpc) is 3.73. The van der Waals surface area contributed by atoms with Crippen LogP contribution in [0, 0.1) is 20.2 Å². The molecular formula is C27H30Cl2N6O9S. The van der Waals surface area contributed by atoms with Crippen molar-refractivity contribution in [1.29, 1.82) is 0 Å². The zero-order valence-corrected chi connectivity index (χ0v) is 26.4. The third kappa shape index (κ3) is 10.2. The Balaban J connectivity index is 0.000000619. The Kier molecular flexibility index (Phi) is 13.2. The van der Waals surface area contributed by atoms with Crippen molar-refractivity contribution in [2.45, 2.75) is 43.5 Å². The number of ether oxygens (including phenoxy) is 3. The van der Waals surface area contributed by atoms with Gasteiger partial charge in [-0.15, -0.1) is 20.2 Å². The molecule has 0 bridgehead atoms. The molecule has 2 N–H and O–H groups in total. The molecule has 1 saturated heterocycles. The van der Waals surface area contributed by atoms with Gasteiger partial charge in [0.2, 0.25) is 5.79 Å². The van der Waals surface area contributed by atoms with Crippen molar-refractivity contribution >= 4 is 35.0 Å². The summed E-state index contributed by atoms with van der Waals surface area (Å²) in [6.07, 6.45) is 10.0. The predicted molar refractivity (Wildman–Crippen MR) is 164 cm³/mol. The number of nitrogens with zero attached hydrogens (tertiary/aromatic N) is 6. The highest BCUT2D eigenvalue weighted by molar-refractivity contribution is 7.98. The van der Waals surface area contributed by atoms with Crippen molar-refractivity contribution in [3.05, 3.63) is 103 Å². The molecule has 45 heavy (non-hydrogen) atoms. The fourth-order valence-electron chi connectivity index (χ4n) is 4.48. The first-order chi connectivity index (χ1) is 21.5. The van der Waals surface area contributed by atoms with Gasteiger partial charge in [-0.2, -0.15) is 0 Å². The molecule has 15 nitrogen and oxygen atoms in total. The lowest BCUT2D eigenvalue weighted by molar-refractivity contribution is -0.742. The Bertz CT molecular complexity index is 1520. The number of aromatic nitrogens is 4. The van der Waals surface area contributed by atoms with Gasteiger partial charge in [-0.3, -0.25) is 0 Å². The van der Waals surface area contributed by atoms with Gasteiger partial charge in [0.1, 0.15) is 18.5 Å². The minimum atomic E-state index is -1.50. The van der Waals surface area contributed by atoms with Crippen LogP contribution in [-0.2, 0) is 28.4 Å². The molecule has 4 aromatic rings. The summed E-state index contributed by atoms with van der Waals surface area (Å²) in [5.41, 5.74) is 2.92. The summed E-state index contributed by atoms with van der Waals surface area (Å²) < 4.78 is 23.0. The lowest BCUT2D eigenvalue weighted by atomic mass is 10.1. The van der Waals surface area contributed by atoms with Crippen LogP contribution in [0.5, 0.6) is 5.75 Å². The normalized spacial score (nSPS) is 17.0. The Hall–Kier alpha value is -4.09. The Morgan fingerprint density at radius 3 is 2.42 bits per heavy atom. The summed E-state index contributed by atoms with van der Waals surface area (Å²) in [4.78, 5) is 25.4. The van der Waals surface area contributed by atoms with Gasteiger partial charge in [-0.1, -0.05) is 48.0 Å². The molecule has 1 fully saturated rings. The molecule has 2 aromatic carbocycles. The minimum Gasteiger partial charge on any atom is -0.491 e. The summed E-state index contributed by atoms with van der Waals surface area (Å²) in [6.45, 7) is 4.19. The number of imidazole rings is 2. The molecular weight excluding hydrogens is 655 g/mol. The summed E-state index contributed by atoms with van der Waals surface area (Å²) in [5.74, 6) is -0.317. The molecule has 0 amide bonds. The number of thioether (sulfide) groups is 1. The monoisotopic (exact) mass is 684 g/mol. The van der Waals surface area contributed by atoms with E-state index in [4.69, 9.17) is 68.1 Å². The molecule has 5 rings (SSSR count). The fourth-order valence-corrected chi connectivity index (χ4v) is 5.60. The van der Waals surface area contributed by atoms with E-state index in [0.29, 0.717) is 35.4 Å². The number of rotatable bonds is 10. The molecule has 1 aliphatic rings. The van der Waals surface area contributed by atoms with E-state index in [1.807, 2.05) is 35.2 Å². The van der Waals surface area contributed by atoms with Gasteiger partial charge in [-0.25, -0.2) is 9.97 Å². The van der Waals surface area contributed by atoms with Crippen LogP contribution in [0.3, 0.4) is 0 Å². The summed E-state index contributed by atoms with van der Waals surface area (Å²) in [6, 6.07) is 13.4. The van der Waals surface area contributed by atoms with Gasteiger partial charge < -0.3 is 33.8 Å². The maximum absolute atomic E-state index is 8.36. The zero-order chi connectivity index (χ0) is 33.0. The Morgan fingerprint density at radius 2 is 1.84 bits per heavy atom. The van der Waals surface area contributed by atoms with Crippen LogP contribution in [0.25, 0.3) is 11.3 Å². The number of hydrogen-bond acceptors (Lipinski definition) is 10.